The first kappa shape index (κ1) is 11.0. The molecule has 0 aliphatic carbocycles. The normalized spacial score (nSPS) is 20.1. The lowest BCUT2D eigenvalue weighted by Gasteiger charge is -2.20. The van der Waals surface area contributed by atoms with E-state index in [-0.39, 0.29) is 5.91 Å². The first-order valence-corrected chi connectivity index (χ1v) is 5.84. The van der Waals surface area contributed by atoms with Gasteiger partial charge in [-0.3, -0.25) is 4.79 Å². The third-order valence-electron chi connectivity index (χ3n) is 2.46. The molecule has 6 nitrogen and oxygen atoms in total. The molecule has 0 saturated carbocycles. The van der Waals surface area contributed by atoms with Crippen LogP contribution in [0.4, 0.5) is 0 Å². The van der Waals surface area contributed by atoms with E-state index in [1.54, 1.807) is 11.6 Å². The smallest absolute Gasteiger partial charge is 0.327 e. The number of carboxylic acid groups (broad SMARTS) is 1. The Morgan fingerprint density at radius 1 is 1.62 bits per heavy atom. The van der Waals surface area contributed by atoms with Crippen molar-refractivity contribution in [2.24, 2.45) is 7.05 Å². The topological polar surface area (TPSA) is 75.4 Å². The predicted molar refractivity (Wildman–Crippen MR) is 58.1 cm³/mol. The highest BCUT2D eigenvalue weighted by Crippen LogP contribution is 2.22. The summed E-state index contributed by atoms with van der Waals surface area (Å²) in [5.74, 6) is -0.377. The number of aryl methyl sites for hydroxylation is 1. The zero-order chi connectivity index (χ0) is 11.7. The molecule has 16 heavy (non-hydrogen) atoms. The molecule has 2 rings (SSSR count). The number of imidazole rings is 1. The van der Waals surface area contributed by atoms with Crippen molar-refractivity contribution >= 4 is 23.6 Å². The number of amides is 1. The number of thioether (sulfide) groups is 1. The molecule has 1 saturated heterocycles. The maximum Gasteiger partial charge on any atom is 0.327 e. The minimum absolute atomic E-state index is 0.280. The highest BCUT2D eigenvalue weighted by Gasteiger charge is 2.35. The minimum atomic E-state index is -0.958. The molecule has 1 amide bonds. The zero-order valence-corrected chi connectivity index (χ0v) is 9.48. The van der Waals surface area contributed by atoms with Gasteiger partial charge in [-0.1, -0.05) is 0 Å². The Hall–Kier alpha value is -1.50. The van der Waals surface area contributed by atoms with Crippen molar-refractivity contribution in [2.45, 2.75) is 6.04 Å². The van der Waals surface area contributed by atoms with Gasteiger partial charge in [0.2, 0.25) is 0 Å². The van der Waals surface area contributed by atoms with Crippen molar-refractivity contribution in [2.75, 3.05) is 11.6 Å². The third kappa shape index (κ3) is 1.78. The second-order valence-electron chi connectivity index (χ2n) is 3.52. The van der Waals surface area contributed by atoms with Crippen LogP contribution in [0, 0.1) is 0 Å². The minimum Gasteiger partial charge on any atom is -0.480 e. The number of carbonyl (C=O) groups excluding carboxylic acids is 1. The van der Waals surface area contributed by atoms with Gasteiger partial charge in [0.25, 0.3) is 5.91 Å². The maximum absolute atomic E-state index is 12.0. The first-order chi connectivity index (χ1) is 7.61. The molecule has 0 spiro atoms. The Morgan fingerprint density at radius 2 is 2.38 bits per heavy atom. The molecular weight excluding hydrogens is 230 g/mol. The van der Waals surface area contributed by atoms with Crippen LogP contribution in [-0.2, 0) is 11.8 Å². The summed E-state index contributed by atoms with van der Waals surface area (Å²) < 4.78 is 1.59. The van der Waals surface area contributed by atoms with Crippen LogP contribution < -0.4 is 0 Å². The fraction of sp³-hybridized carbons (Fsp3) is 0.444. The Bertz CT molecular complexity index is 431. The standard InChI is InChI=1S/C9H11N3O3S/c1-11-4-10-2-6(11)8(13)12-5-16-3-7(12)9(14)15/h2,4,7H,3,5H2,1H3,(H,14,15). The molecule has 1 aromatic heterocycles. The van der Waals surface area contributed by atoms with Crippen LogP contribution >= 0.6 is 11.8 Å². The molecule has 0 aromatic carbocycles. The third-order valence-corrected chi connectivity index (χ3v) is 3.48. The molecule has 0 bridgehead atoms. The molecule has 1 aliphatic rings. The number of aromatic nitrogens is 2. The lowest BCUT2D eigenvalue weighted by molar-refractivity contribution is -0.140. The van der Waals surface area contributed by atoms with Crippen molar-refractivity contribution < 1.29 is 14.7 Å². The summed E-state index contributed by atoms with van der Waals surface area (Å²) in [6, 6.07) is -0.729. The van der Waals surface area contributed by atoms with E-state index in [9.17, 15) is 9.59 Å². The van der Waals surface area contributed by atoms with Gasteiger partial charge in [0.15, 0.2) is 0 Å². The molecule has 1 unspecified atom stereocenters. The number of hydrogen-bond acceptors (Lipinski definition) is 4. The van der Waals surface area contributed by atoms with Crippen molar-refractivity contribution in [3.8, 4) is 0 Å². The van der Waals surface area contributed by atoms with Crippen molar-refractivity contribution in [3.63, 3.8) is 0 Å². The molecule has 0 radical (unpaired) electrons. The largest absolute Gasteiger partial charge is 0.480 e. The molecule has 1 fully saturated rings. The Morgan fingerprint density at radius 3 is 2.94 bits per heavy atom. The highest BCUT2D eigenvalue weighted by atomic mass is 32.2. The summed E-state index contributed by atoms with van der Waals surface area (Å²) in [5.41, 5.74) is 0.411. The summed E-state index contributed by atoms with van der Waals surface area (Å²) in [5, 5.41) is 8.97. The fourth-order valence-corrected chi connectivity index (χ4v) is 2.70. The molecule has 2 heterocycles. The van der Waals surface area contributed by atoms with Crippen molar-refractivity contribution in [3.05, 3.63) is 18.2 Å². The highest BCUT2D eigenvalue weighted by molar-refractivity contribution is 7.99. The monoisotopic (exact) mass is 241 g/mol. The van der Waals surface area contributed by atoms with Gasteiger partial charge in [0.05, 0.1) is 18.4 Å². The van der Waals surface area contributed by atoms with Crippen LogP contribution in [0.1, 0.15) is 10.5 Å². The van der Waals surface area contributed by atoms with Gasteiger partial charge in [0.1, 0.15) is 11.7 Å². The quantitative estimate of drug-likeness (QED) is 0.790. The van der Waals surface area contributed by atoms with E-state index >= 15 is 0 Å². The van der Waals surface area contributed by atoms with Gasteiger partial charge >= 0.3 is 5.97 Å². The van der Waals surface area contributed by atoms with Crippen molar-refractivity contribution in [1.82, 2.24) is 14.5 Å². The summed E-state index contributed by atoms with van der Waals surface area (Å²) in [6.07, 6.45) is 2.97. The molecule has 1 atom stereocenters. The van der Waals surface area contributed by atoms with Crippen LogP contribution in [0.3, 0.4) is 0 Å². The van der Waals surface area contributed by atoms with Crippen LogP contribution in [0.25, 0.3) is 0 Å². The maximum atomic E-state index is 12.0. The average molecular weight is 241 g/mol. The van der Waals surface area contributed by atoms with Gasteiger partial charge in [0, 0.05) is 12.8 Å². The number of rotatable bonds is 2. The molecule has 7 heteroatoms. The average Bonchev–Trinajstić information content (AvgIpc) is 2.84. The number of aliphatic carboxylic acids is 1. The van der Waals surface area contributed by atoms with E-state index in [1.165, 1.54) is 29.2 Å². The fourth-order valence-electron chi connectivity index (χ4n) is 1.56. The summed E-state index contributed by atoms with van der Waals surface area (Å²) in [6.45, 7) is 0. The molecule has 86 valence electrons. The number of hydrogen-bond donors (Lipinski definition) is 1. The molecule has 1 aromatic rings. The number of nitrogens with zero attached hydrogens (tertiary/aromatic N) is 3. The van der Waals surface area contributed by atoms with Crippen molar-refractivity contribution in [1.29, 1.82) is 0 Å². The lowest BCUT2D eigenvalue weighted by Crippen LogP contribution is -2.42. The Balaban J connectivity index is 2.22. The first-order valence-electron chi connectivity index (χ1n) is 4.69. The SMILES string of the molecule is Cn1cncc1C(=O)N1CSCC1C(=O)O. The van der Waals surface area contributed by atoms with Gasteiger partial charge < -0.3 is 14.6 Å². The van der Waals surface area contributed by atoms with Gasteiger partial charge in [-0.15, -0.1) is 11.8 Å². The Kier molecular flexibility index (Phi) is 2.86. The Labute approximate surface area is 96.3 Å². The number of carbonyl (C=O) groups is 2. The van der Waals surface area contributed by atoms with E-state index in [1.807, 2.05) is 0 Å². The second-order valence-corrected chi connectivity index (χ2v) is 4.52. The van der Waals surface area contributed by atoms with Crippen LogP contribution in [0.5, 0.6) is 0 Å². The van der Waals surface area contributed by atoms with Gasteiger partial charge in [-0.25, -0.2) is 9.78 Å². The van der Waals surface area contributed by atoms with E-state index < -0.39 is 12.0 Å². The summed E-state index contributed by atoms with van der Waals surface area (Å²) in [7, 11) is 1.71. The van der Waals surface area contributed by atoms with E-state index in [0.29, 0.717) is 17.3 Å². The van der Waals surface area contributed by atoms with E-state index in [0.717, 1.165) is 0 Å². The van der Waals surface area contributed by atoms with E-state index in [2.05, 4.69) is 4.98 Å². The summed E-state index contributed by atoms with van der Waals surface area (Å²) in [4.78, 5) is 28.2. The van der Waals surface area contributed by atoms with Crippen LogP contribution in [0.2, 0.25) is 0 Å². The van der Waals surface area contributed by atoms with Crippen LogP contribution in [0.15, 0.2) is 12.5 Å². The molecular formula is C9H11N3O3S. The molecule has 1 aliphatic heterocycles. The number of carboxylic acids is 1. The predicted octanol–water partition coefficient (Wildman–Crippen LogP) is 0.0198. The second kappa shape index (κ2) is 4.17. The van der Waals surface area contributed by atoms with Gasteiger partial charge in [-0.2, -0.15) is 0 Å². The van der Waals surface area contributed by atoms with Crippen LogP contribution in [-0.4, -0.2) is 49.1 Å². The zero-order valence-electron chi connectivity index (χ0n) is 8.66. The lowest BCUT2D eigenvalue weighted by atomic mass is 10.3. The van der Waals surface area contributed by atoms with Gasteiger partial charge in [-0.05, 0) is 0 Å². The molecule has 1 N–H and O–H groups in total. The van der Waals surface area contributed by atoms with E-state index in [4.69, 9.17) is 5.11 Å². The summed E-state index contributed by atoms with van der Waals surface area (Å²) >= 11 is 1.44.